The molecule has 3 aliphatic heterocycles. The molecule has 0 unspecified atom stereocenters. The minimum absolute atomic E-state index is 0.0490. The van der Waals surface area contributed by atoms with Gasteiger partial charge in [-0.05, 0) is 104 Å². The third kappa shape index (κ3) is 6.28. The zero-order chi connectivity index (χ0) is 38.2. The molecule has 1 aromatic carbocycles. The summed E-state index contributed by atoms with van der Waals surface area (Å²) in [7, 11) is 0. The molecule has 16 atom stereocenters. The lowest BCUT2D eigenvalue weighted by atomic mass is 9.47. The molecule has 6 fully saturated rings. The highest BCUT2D eigenvalue weighted by molar-refractivity contribution is 5.92. The molecule has 1 spiro atoms. The number of benzene rings is 1. The topological polar surface area (TPSA) is 170 Å². The highest BCUT2D eigenvalue weighted by Crippen LogP contribution is 2.70. The SMILES string of the molecule is C[C@@H]1CC[C@@]2(OC1)O[C@H]1C[C@H]3[C@@H]4CC=C5C[C@@H](O[C@@H]6O[C@H](CO)[C@@H](O)[C@H](O)[C@H]6NC(=O)/C=C/c6ccccc6[N+](=O)[O-])CC[C@]5(C)[C@H]4CC[C@]3(C)[C@H]1[C@@H]2C. The number of hydrogen-bond donors (Lipinski definition) is 4. The van der Waals surface area contributed by atoms with Crippen LogP contribution in [0.15, 0.2) is 42.0 Å². The second-order valence-corrected chi connectivity index (χ2v) is 18.2. The summed E-state index contributed by atoms with van der Waals surface area (Å²) in [6.45, 7) is 9.92. The molecular weight excluding hydrogens is 692 g/mol. The van der Waals surface area contributed by atoms with Gasteiger partial charge in [0.05, 0.1) is 35.9 Å². The van der Waals surface area contributed by atoms with Crippen LogP contribution in [0.1, 0.15) is 91.0 Å². The number of fused-ring (bicyclic) bond motifs is 7. The van der Waals surface area contributed by atoms with E-state index in [1.54, 1.807) is 12.1 Å². The summed E-state index contributed by atoms with van der Waals surface area (Å²) in [5.41, 5.74) is 1.79. The van der Waals surface area contributed by atoms with Crippen LogP contribution in [0.3, 0.4) is 0 Å². The summed E-state index contributed by atoms with van der Waals surface area (Å²) in [4.78, 5) is 24.0. The Labute approximate surface area is 317 Å². The van der Waals surface area contributed by atoms with Gasteiger partial charge >= 0.3 is 0 Å². The van der Waals surface area contributed by atoms with E-state index in [0.29, 0.717) is 41.9 Å². The molecule has 1 aromatic rings. The van der Waals surface area contributed by atoms with Gasteiger partial charge in [-0.15, -0.1) is 0 Å². The van der Waals surface area contributed by atoms with E-state index in [9.17, 15) is 30.2 Å². The number of nitro benzene ring substituents is 1. The molecule has 7 aliphatic rings. The summed E-state index contributed by atoms with van der Waals surface area (Å²) < 4.78 is 26.0. The molecule has 0 bridgehead atoms. The Morgan fingerprint density at radius 1 is 1.09 bits per heavy atom. The molecule has 1 amide bonds. The maximum absolute atomic E-state index is 13.1. The molecular formula is C42H58N2O10. The van der Waals surface area contributed by atoms with E-state index in [4.69, 9.17) is 18.9 Å². The van der Waals surface area contributed by atoms with Crippen LogP contribution in [0.4, 0.5) is 5.69 Å². The van der Waals surface area contributed by atoms with E-state index in [-0.39, 0.29) is 34.3 Å². The number of nitro groups is 1. The Morgan fingerprint density at radius 3 is 2.63 bits per heavy atom. The van der Waals surface area contributed by atoms with Crippen LogP contribution in [0, 0.1) is 56.5 Å². The first kappa shape index (κ1) is 38.2. The fourth-order valence-electron chi connectivity index (χ4n) is 12.5. The van der Waals surface area contributed by atoms with E-state index >= 15 is 0 Å². The average Bonchev–Trinajstić information content (AvgIpc) is 3.60. The van der Waals surface area contributed by atoms with Gasteiger partial charge in [-0.3, -0.25) is 14.9 Å². The average molecular weight is 751 g/mol. The first-order chi connectivity index (χ1) is 25.8. The second kappa shape index (κ2) is 14.3. The van der Waals surface area contributed by atoms with Gasteiger partial charge in [0.15, 0.2) is 12.1 Å². The summed E-state index contributed by atoms with van der Waals surface area (Å²) in [5, 5.41) is 45.9. The van der Waals surface area contributed by atoms with Gasteiger partial charge in [-0.1, -0.05) is 51.5 Å². The van der Waals surface area contributed by atoms with E-state index in [1.807, 2.05) is 0 Å². The van der Waals surface area contributed by atoms with Crippen molar-refractivity contribution in [2.75, 3.05) is 13.2 Å². The monoisotopic (exact) mass is 750 g/mol. The number of carbonyl (C=O) groups is 1. The molecule has 3 saturated heterocycles. The predicted molar refractivity (Wildman–Crippen MR) is 198 cm³/mol. The highest BCUT2D eigenvalue weighted by Gasteiger charge is 2.68. The van der Waals surface area contributed by atoms with Gasteiger partial charge in [0.2, 0.25) is 5.91 Å². The third-order valence-electron chi connectivity index (χ3n) is 15.4. The van der Waals surface area contributed by atoms with Gasteiger partial charge in [-0.25, -0.2) is 0 Å². The molecule has 296 valence electrons. The number of ether oxygens (including phenoxy) is 4. The van der Waals surface area contributed by atoms with Crippen molar-refractivity contribution in [2.24, 2.45) is 46.3 Å². The van der Waals surface area contributed by atoms with Crippen molar-refractivity contribution in [3.8, 4) is 0 Å². The minimum Gasteiger partial charge on any atom is -0.394 e. The van der Waals surface area contributed by atoms with Crippen molar-refractivity contribution in [1.82, 2.24) is 5.32 Å². The molecule has 4 N–H and O–H groups in total. The number of hydrogen-bond acceptors (Lipinski definition) is 10. The van der Waals surface area contributed by atoms with Crippen molar-refractivity contribution < 1.29 is 44.0 Å². The van der Waals surface area contributed by atoms with Crippen molar-refractivity contribution >= 4 is 17.7 Å². The molecule has 8 rings (SSSR count). The van der Waals surface area contributed by atoms with E-state index in [0.717, 1.165) is 44.8 Å². The number of aliphatic hydroxyl groups excluding tert-OH is 3. The standard InChI is InChI=1S/C42H58N2O10/c1-23-13-18-42(51-22-23)24(2)35-32(54-42)20-30-28-11-10-26-19-27(14-16-40(26,3)29(28)15-17-41(30,35)4)52-39-36(38(48)37(47)33(21-45)53-39)43-34(46)12-9-25-7-5-6-8-31(25)44(49)50/h5-10,12,23-24,27-30,32-33,35-39,45,47-48H,11,13-22H2,1-4H3,(H,43,46)/b12-9+/t23-,24+,27+,28-,29+,30+,32+,33-,35+,36-,37-,38-,39-,40+,41+,42-/m1/s1. The van der Waals surface area contributed by atoms with Gasteiger partial charge in [0, 0.05) is 24.5 Å². The summed E-state index contributed by atoms with van der Waals surface area (Å²) >= 11 is 0. The number of rotatable bonds is 7. The first-order valence-corrected chi connectivity index (χ1v) is 20.3. The third-order valence-corrected chi connectivity index (χ3v) is 15.4. The van der Waals surface area contributed by atoms with Gasteiger partial charge in [-0.2, -0.15) is 0 Å². The summed E-state index contributed by atoms with van der Waals surface area (Å²) in [5.74, 6) is 2.24. The van der Waals surface area contributed by atoms with E-state index < -0.39 is 53.9 Å². The van der Waals surface area contributed by atoms with Crippen molar-refractivity contribution in [3.63, 3.8) is 0 Å². The summed E-state index contributed by atoms with van der Waals surface area (Å²) in [6.07, 6.45) is 8.91. The predicted octanol–water partition coefficient (Wildman–Crippen LogP) is 5.28. The lowest BCUT2D eigenvalue weighted by Crippen LogP contribution is -2.65. The molecule has 4 aliphatic carbocycles. The Hall–Kier alpha value is -2.71. The zero-order valence-electron chi connectivity index (χ0n) is 32.0. The largest absolute Gasteiger partial charge is 0.394 e. The zero-order valence-corrected chi connectivity index (χ0v) is 32.0. The van der Waals surface area contributed by atoms with Crippen molar-refractivity contribution in [1.29, 1.82) is 0 Å². The molecule has 0 radical (unpaired) electrons. The Bertz CT molecular complexity index is 1660. The maximum Gasteiger partial charge on any atom is 0.276 e. The summed E-state index contributed by atoms with van der Waals surface area (Å²) in [6, 6.07) is 4.92. The minimum atomic E-state index is -1.48. The molecule has 54 heavy (non-hydrogen) atoms. The van der Waals surface area contributed by atoms with Crippen LogP contribution >= 0.6 is 0 Å². The van der Waals surface area contributed by atoms with Crippen molar-refractivity contribution in [3.05, 3.63) is 57.7 Å². The number of carbonyl (C=O) groups excluding carboxylic acids is 1. The molecule has 0 aromatic heterocycles. The molecule has 3 saturated carbocycles. The number of nitrogens with zero attached hydrogens (tertiary/aromatic N) is 1. The van der Waals surface area contributed by atoms with Crippen LogP contribution < -0.4 is 5.32 Å². The first-order valence-electron chi connectivity index (χ1n) is 20.3. The smallest absolute Gasteiger partial charge is 0.276 e. The maximum atomic E-state index is 13.1. The fourth-order valence-corrected chi connectivity index (χ4v) is 12.5. The molecule has 12 heteroatoms. The van der Waals surface area contributed by atoms with Crippen molar-refractivity contribution in [2.45, 2.75) is 134 Å². The second-order valence-electron chi connectivity index (χ2n) is 18.2. The number of nitrogens with one attached hydrogen (secondary N) is 1. The van der Waals surface area contributed by atoms with Crippen LogP contribution in [0.2, 0.25) is 0 Å². The number of amides is 1. The lowest BCUT2D eigenvalue weighted by molar-refractivity contribution is -0.385. The lowest BCUT2D eigenvalue weighted by Gasteiger charge is -2.58. The molecule has 12 nitrogen and oxygen atoms in total. The highest BCUT2D eigenvalue weighted by atomic mass is 16.7. The van der Waals surface area contributed by atoms with Crippen LogP contribution in [-0.4, -0.2) is 88.0 Å². The Kier molecular flexibility index (Phi) is 10.1. The molecule has 3 heterocycles. The van der Waals surface area contributed by atoms with Gasteiger partial charge < -0.3 is 39.6 Å². The van der Waals surface area contributed by atoms with E-state index in [2.05, 4.69) is 39.1 Å². The van der Waals surface area contributed by atoms with Crippen LogP contribution in [0.25, 0.3) is 6.08 Å². The van der Waals surface area contributed by atoms with E-state index in [1.165, 1.54) is 43.0 Å². The number of para-hydroxylation sites is 1. The van der Waals surface area contributed by atoms with Gasteiger partial charge in [0.25, 0.3) is 5.69 Å². The van der Waals surface area contributed by atoms with Crippen LogP contribution in [-0.2, 0) is 23.7 Å². The Balaban J connectivity index is 0.951. The number of aliphatic hydroxyl groups is 3. The fraction of sp³-hybridized carbons (Fsp3) is 0.738. The number of allylic oxidation sites excluding steroid dienone is 1. The normalized spacial score (nSPS) is 47.0. The van der Waals surface area contributed by atoms with Gasteiger partial charge in [0.1, 0.15) is 24.4 Å². The Morgan fingerprint density at radius 2 is 1.89 bits per heavy atom. The van der Waals surface area contributed by atoms with Crippen LogP contribution in [0.5, 0.6) is 0 Å². The quantitative estimate of drug-likeness (QED) is 0.124.